The van der Waals surface area contributed by atoms with Crippen LogP contribution in [0.15, 0.2) is 65.3 Å². The molecule has 0 radical (unpaired) electrons. The van der Waals surface area contributed by atoms with Crippen molar-refractivity contribution in [2.24, 2.45) is 0 Å². The number of fused-ring (bicyclic) bond motifs is 8. The standard InChI is InChI=1S/C30H30N6O4/c1-19(2)24-16-26(40-32-24)28(37)35-13-11-30-23-9-3-4-10-25(23)36(29(30)38)18-21-17-34(33-31-21)12-6-14-39-22-8-5-7-20(15-22)27(30)35/h3-5,7-10,15-17,19,27H,6,11-14,18H2,1-2H3/t27-,30+/m0/s1. The zero-order valence-corrected chi connectivity index (χ0v) is 22.5. The van der Waals surface area contributed by atoms with Gasteiger partial charge in [-0.05, 0) is 41.7 Å². The Bertz CT molecular complexity index is 1610. The number of anilines is 1. The van der Waals surface area contributed by atoms with Crippen LogP contribution in [0, 0.1) is 0 Å². The van der Waals surface area contributed by atoms with Crippen LogP contribution >= 0.6 is 0 Å². The fourth-order valence-electron chi connectivity index (χ4n) is 6.40. The molecular formula is C30H30N6O4. The molecule has 1 fully saturated rings. The summed E-state index contributed by atoms with van der Waals surface area (Å²) in [7, 11) is 0. The lowest BCUT2D eigenvalue weighted by atomic mass is 9.72. The van der Waals surface area contributed by atoms with Gasteiger partial charge in [0, 0.05) is 31.3 Å². The van der Waals surface area contributed by atoms with Crippen molar-refractivity contribution in [3.63, 3.8) is 0 Å². The van der Waals surface area contributed by atoms with E-state index in [4.69, 9.17) is 9.26 Å². The minimum absolute atomic E-state index is 0.0508. The number of hydrogen-bond donors (Lipinski definition) is 0. The molecule has 10 nitrogen and oxygen atoms in total. The van der Waals surface area contributed by atoms with E-state index >= 15 is 0 Å². The molecule has 2 aromatic carbocycles. The number of ether oxygens (including phenoxy) is 1. The van der Waals surface area contributed by atoms with Gasteiger partial charge in [-0.25, -0.2) is 0 Å². The number of rotatable bonds is 2. The number of amides is 2. The van der Waals surface area contributed by atoms with E-state index in [0.717, 1.165) is 28.9 Å². The second kappa shape index (κ2) is 9.32. The molecule has 4 aromatic rings. The Kier molecular flexibility index (Phi) is 5.72. The third-order valence-electron chi connectivity index (χ3n) is 8.30. The molecule has 0 aliphatic carbocycles. The number of benzene rings is 2. The second-order valence-corrected chi connectivity index (χ2v) is 11.0. The molecule has 6 bridgehead atoms. The summed E-state index contributed by atoms with van der Waals surface area (Å²) in [5.74, 6) is 0.661. The van der Waals surface area contributed by atoms with Gasteiger partial charge in [-0.2, -0.15) is 0 Å². The van der Waals surface area contributed by atoms with Gasteiger partial charge >= 0.3 is 0 Å². The smallest absolute Gasteiger partial charge is 0.293 e. The van der Waals surface area contributed by atoms with E-state index in [-0.39, 0.29) is 23.5 Å². The first kappa shape index (κ1) is 24.6. The lowest BCUT2D eigenvalue weighted by molar-refractivity contribution is -0.124. The highest BCUT2D eigenvalue weighted by Gasteiger charge is 2.62. The second-order valence-electron chi connectivity index (χ2n) is 11.0. The van der Waals surface area contributed by atoms with E-state index in [1.807, 2.05) is 68.6 Å². The SMILES string of the molecule is CC(C)c1cc(C(=O)N2CC[C@]34C(=O)N(Cc5cn(nn5)CCCOc5cccc(c5)[C@H]23)c2ccccc24)on1. The molecule has 5 heterocycles. The van der Waals surface area contributed by atoms with E-state index in [9.17, 15) is 9.59 Å². The zero-order chi connectivity index (χ0) is 27.4. The molecule has 3 aliphatic rings. The van der Waals surface area contributed by atoms with Gasteiger partial charge in [0.05, 0.1) is 31.1 Å². The van der Waals surface area contributed by atoms with Crippen molar-refractivity contribution in [3.05, 3.63) is 89.1 Å². The fraction of sp³-hybridized carbons (Fsp3) is 0.367. The molecule has 1 spiro atoms. The van der Waals surface area contributed by atoms with Gasteiger partial charge in [0.15, 0.2) is 0 Å². The molecule has 40 heavy (non-hydrogen) atoms. The maximum atomic E-state index is 14.7. The molecule has 10 heteroatoms. The van der Waals surface area contributed by atoms with Crippen molar-refractivity contribution in [1.29, 1.82) is 0 Å². The predicted molar refractivity (Wildman–Crippen MR) is 145 cm³/mol. The van der Waals surface area contributed by atoms with Crippen molar-refractivity contribution in [2.45, 2.75) is 57.2 Å². The van der Waals surface area contributed by atoms with Crippen LogP contribution < -0.4 is 9.64 Å². The highest BCUT2D eigenvalue weighted by atomic mass is 16.5. The van der Waals surface area contributed by atoms with Crippen LogP contribution in [0.4, 0.5) is 5.69 Å². The average Bonchev–Trinajstić information content (AvgIpc) is 3.75. The predicted octanol–water partition coefficient (Wildman–Crippen LogP) is 4.24. The molecule has 7 rings (SSSR count). The summed E-state index contributed by atoms with van der Waals surface area (Å²) in [5.41, 5.74) is 3.03. The maximum Gasteiger partial charge on any atom is 0.293 e. The van der Waals surface area contributed by atoms with Gasteiger partial charge < -0.3 is 19.1 Å². The number of carbonyl (C=O) groups is 2. The summed E-state index contributed by atoms with van der Waals surface area (Å²) >= 11 is 0. The van der Waals surface area contributed by atoms with Gasteiger partial charge in [-0.3, -0.25) is 14.3 Å². The quantitative estimate of drug-likeness (QED) is 0.376. The summed E-state index contributed by atoms with van der Waals surface area (Å²) in [5, 5.41) is 12.7. The first-order chi connectivity index (χ1) is 19.5. The van der Waals surface area contributed by atoms with Crippen molar-refractivity contribution < 1.29 is 18.8 Å². The van der Waals surface area contributed by atoms with Crippen LogP contribution in [0.2, 0.25) is 0 Å². The number of hydrogen-bond acceptors (Lipinski definition) is 7. The number of aromatic nitrogens is 4. The Morgan fingerprint density at radius 1 is 1.10 bits per heavy atom. The van der Waals surface area contributed by atoms with Crippen molar-refractivity contribution >= 4 is 17.5 Å². The summed E-state index contributed by atoms with van der Waals surface area (Å²) in [6.45, 7) is 5.85. The highest BCUT2D eigenvalue weighted by molar-refractivity contribution is 6.09. The Morgan fingerprint density at radius 3 is 2.83 bits per heavy atom. The largest absolute Gasteiger partial charge is 0.494 e. The first-order valence-corrected chi connectivity index (χ1v) is 13.8. The number of likely N-dealkylation sites (tertiary alicyclic amines) is 1. The van der Waals surface area contributed by atoms with Crippen LogP contribution in [-0.4, -0.2) is 50.0 Å². The van der Waals surface area contributed by atoms with Crippen molar-refractivity contribution in [1.82, 2.24) is 25.1 Å². The maximum absolute atomic E-state index is 14.7. The van der Waals surface area contributed by atoms with Gasteiger partial charge in [0.25, 0.3) is 5.91 Å². The van der Waals surface area contributed by atoms with E-state index in [0.29, 0.717) is 44.1 Å². The summed E-state index contributed by atoms with van der Waals surface area (Å²) < 4.78 is 13.4. The highest BCUT2D eigenvalue weighted by Crippen LogP contribution is 2.57. The molecule has 1 saturated heterocycles. The number of aryl methyl sites for hydroxylation is 1. The van der Waals surface area contributed by atoms with Crippen molar-refractivity contribution in [2.75, 3.05) is 18.1 Å². The molecule has 3 aliphatic heterocycles. The fourth-order valence-corrected chi connectivity index (χ4v) is 6.40. The van der Waals surface area contributed by atoms with E-state index in [1.54, 1.807) is 20.5 Å². The summed E-state index contributed by atoms with van der Waals surface area (Å²) in [6, 6.07) is 16.8. The minimum Gasteiger partial charge on any atom is -0.494 e. The molecule has 204 valence electrons. The van der Waals surface area contributed by atoms with Gasteiger partial charge in [-0.15, -0.1) is 5.10 Å². The Labute approximate surface area is 231 Å². The minimum atomic E-state index is -0.984. The molecule has 2 aromatic heterocycles. The average molecular weight is 539 g/mol. The third-order valence-corrected chi connectivity index (χ3v) is 8.30. The van der Waals surface area contributed by atoms with E-state index in [2.05, 4.69) is 15.5 Å². The van der Waals surface area contributed by atoms with Crippen LogP contribution in [0.5, 0.6) is 5.75 Å². The van der Waals surface area contributed by atoms with Crippen LogP contribution in [0.3, 0.4) is 0 Å². The van der Waals surface area contributed by atoms with Crippen molar-refractivity contribution in [3.8, 4) is 5.75 Å². The molecule has 0 unspecified atom stereocenters. The summed E-state index contributed by atoms with van der Waals surface area (Å²) in [4.78, 5) is 32.3. The topological polar surface area (TPSA) is 107 Å². The Balaban J connectivity index is 1.40. The first-order valence-electron chi connectivity index (χ1n) is 13.8. The van der Waals surface area contributed by atoms with Gasteiger partial charge in [0.1, 0.15) is 16.9 Å². The number of carbonyl (C=O) groups excluding carboxylic acids is 2. The van der Waals surface area contributed by atoms with E-state index in [1.165, 1.54) is 0 Å². The lowest BCUT2D eigenvalue weighted by Crippen LogP contribution is -2.45. The number of nitrogens with zero attached hydrogens (tertiary/aromatic N) is 6. The molecular weight excluding hydrogens is 508 g/mol. The molecule has 0 N–H and O–H groups in total. The zero-order valence-electron chi connectivity index (χ0n) is 22.5. The molecule has 2 atom stereocenters. The van der Waals surface area contributed by atoms with Gasteiger partial charge in [-0.1, -0.05) is 54.5 Å². The monoisotopic (exact) mass is 538 g/mol. The third kappa shape index (κ3) is 3.73. The van der Waals surface area contributed by atoms with Crippen LogP contribution in [-0.2, 0) is 23.3 Å². The van der Waals surface area contributed by atoms with Crippen LogP contribution in [0.1, 0.15) is 71.7 Å². The Hall–Kier alpha value is -4.47. The Morgan fingerprint density at radius 2 is 1.98 bits per heavy atom. The summed E-state index contributed by atoms with van der Waals surface area (Å²) in [6.07, 6.45) is 3.11. The van der Waals surface area contributed by atoms with Crippen LogP contribution in [0.25, 0.3) is 0 Å². The van der Waals surface area contributed by atoms with Gasteiger partial charge in [0.2, 0.25) is 11.7 Å². The number of para-hydroxylation sites is 1. The normalized spacial score (nSPS) is 22.0. The molecule has 2 amide bonds. The van der Waals surface area contributed by atoms with E-state index < -0.39 is 11.5 Å². The molecule has 0 saturated carbocycles. The lowest BCUT2D eigenvalue weighted by Gasteiger charge is -2.35.